The Morgan fingerprint density at radius 1 is 1.37 bits per heavy atom. The van der Waals surface area contributed by atoms with Crippen molar-refractivity contribution >= 4 is 17.4 Å². The van der Waals surface area contributed by atoms with Crippen LogP contribution in [0.4, 0.5) is 5.69 Å². The van der Waals surface area contributed by atoms with Gasteiger partial charge in [0.05, 0.1) is 6.42 Å². The summed E-state index contributed by atoms with van der Waals surface area (Å²) in [7, 11) is 1.73. The number of benzene rings is 1. The van der Waals surface area contributed by atoms with Crippen molar-refractivity contribution in [2.75, 3.05) is 5.32 Å². The van der Waals surface area contributed by atoms with E-state index in [-0.39, 0.29) is 18.1 Å². The average Bonchev–Trinajstić information content (AvgIpc) is 2.74. The Kier molecular flexibility index (Phi) is 3.65. The van der Waals surface area contributed by atoms with E-state index in [0.717, 1.165) is 5.56 Å². The first kappa shape index (κ1) is 12.9. The molecule has 0 fully saturated rings. The lowest BCUT2D eigenvalue weighted by Gasteiger charge is -2.05. The van der Waals surface area contributed by atoms with Crippen molar-refractivity contribution in [3.63, 3.8) is 0 Å². The van der Waals surface area contributed by atoms with Crippen LogP contribution in [-0.2, 0) is 16.6 Å². The first-order valence-corrected chi connectivity index (χ1v) is 5.68. The van der Waals surface area contributed by atoms with E-state index in [1.165, 1.54) is 11.6 Å². The lowest BCUT2D eigenvalue weighted by Crippen LogP contribution is -2.14. The second kappa shape index (κ2) is 5.38. The standard InChI is InChI=1S/C12H13N5O2/c1-8(18)6-11(19)13-10-5-3-4-9(7-10)12-14-15-16-17(12)2/h3-5,7H,6H2,1-2H3,(H,13,19). The number of tetrazole rings is 1. The van der Waals surface area contributed by atoms with Crippen molar-refractivity contribution < 1.29 is 9.59 Å². The summed E-state index contributed by atoms with van der Waals surface area (Å²) in [6.07, 6.45) is -0.129. The zero-order valence-electron chi connectivity index (χ0n) is 10.6. The summed E-state index contributed by atoms with van der Waals surface area (Å²) < 4.78 is 1.54. The number of anilines is 1. The fourth-order valence-electron chi connectivity index (χ4n) is 1.64. The predicted octanol–water partition coefficient (Wildman–Crippen LogP) is 0.795. The van der Waals surface area contributed by atoms with Crippen LogP contribution in [0.2, 0.25) is 0 Å². The number of aromatic nitrogens is 4. The molecule has 0 radical (unpaired) electrons. The highest BCUT2D eigenvalue weighted by atomic mass is 16.2. The molecule has 0 spiro atoms. The van der Waals surface area contributed by atoms with Gasteiger partial charge in [0.15, 0.2) is 5.82 Å². The number of nitrogens with one attached hydrogen (secondary N) is 1. The molecule has 19 heavy (non-hydrogen) atoms. The molecular formula is C12H13N5O2. The predicted molar refractivity (Wildman–Crippen MR) is 68.2 cm³/mol. The molecule has 7 heteroatoms. The number of aryl methyl sites for hydroxylation is 1. The van der Waals surface area contributed by atoms with Crippen molar-refractivity contribution in [1.29, 1.82) is 0 Å². The Bertz CT molecular complexity index is 620. The van der Waals surface area contributed by atoms with E-state index in [0.29, 0.717) is 11.5 Å². The van der Waals surface area contributed by atoms with Gasteiger partial charge < -0.3 is 5.32 Å². The summed E-state index contributed by atoms with van der Waals surface area (Å²) in [5, 5.41) is 13.9. The second-order valence-electron chi connectivity index (χ2n) is 4.13. The van der Waals surface area contributed by atoms with Crippen molar-refractivity contribution in [1.82, 2.24) is 20.2 Å². The number of hydrogen-bond acceptors (Lipinski definition) is 5. The molecule has 2 rings (SSSR count). The Balaban J connectivity index is 2.18. The maximum atomic E-state index is 11.5. The molecule has 0 aliphatic carbocycles. The number of carbonyl (C=O) groups is 2. The molecule has 1 aromatic carbocycles. The van der Waals surface area contributed by atoms with Gasteiger partial charge in [-0.15, -0.1) is 5.10 Å². The van der Waals surface area contributed by atoms with Gasteiger partial charge >= 0.3 is 0 Å². The Morgan fingerprint density at radius 3 is 2.79 bits per heavy atom. The second-order valence-corrected chi connectivity index (χ2v) is 4.13. The third kappa shape index (κ3) is 3.21. The molecule has 2 aromatic rings. The van der Waals surface area contributed by atoms with E-state index in [1.54, 1.807) is 25.2 Å². The topological polar surface area (TPSA) is 89.8 Å². The van der Waals surface area contributed by atoms with E-state index in [1.807, 2.05) is 6.07 Å². The molecule has 0 bridgehead atoms. The van der Waals surface area contributed by atoms with E-state index in [4.69, 9.17) is 0 Å². The molecule has 0 unspecified atom stereocenters. The fourth-order valence-corrected chi connectivity index (χ4v) is 1.64. The minimum Gasteiger partial charge on any atom is -0.326 e. The third-order valence-electron chi connectivity index (χ3n) is 2.43. The van der Waals surface area contributed by atoms with Gasteiger partial charge in [0.25, 0.3) is 0 Å². The lowest BCUT2D eigenvalue weighted by atomic mass is 10.2. The van der Waals surface area contributed by atoms with Crippen LogP contribution in [0.3, 0.4) is 0 Å². The van der Waals surface area contributed by atoms with Crippen LogP contribution in [0.1, 0.15) is 13.3 Å². The number of nitrogens with zero attached hydrogens (tertiary/aromatic N) is 4. The maximum Gasteiger partial charge on any atom is 0.231 e. The third-order valence-corrected chi connectivity index (χ3v) is 2.43. The van der Waals surface area contributed by atoms with Crippen molar-refractivity contribution in [2.24, 2.45) is 7.05 Å². The molecule has 0 saturated carbocycles. The number of hydrogen-bond donors (Lipinski definition) is 1. The minimum atomic E-state index is -0.333. The highest BCUT2D eigenvalue weighted by Crippen LogP contribution is 2.19. The van der Waals surface area contributed by atoms with Crippen LogP contribution in [0, 0.1) is 0 Å². The van der Waals surface area contributed by atoms with Gasteiger partial charge in [-0.25, -0.2) is 4.68 Å². The average molecular weight is 259 g/mol. The van der Waals surface area contributed by atoms with Crippen LogP contribution >= 0.6 is 0 Å². The SMILES string of the molecule is CC(=O)CC(=O)Nc1cccc(-c2nnnn2C)c1. The highest BCUT2D eigenvalue weighted by Gasteiger charge is 2.09. The van der Waals surface area contributed by atoms with Gasteiger partial charge in [0, 0.05) is 18.3 Å². The Hall–Kier alpha value is -2.57. The number of carbonyl (C=O) groups excluding carboxylic acids is 2. The van der Waals surface area contributed by atoms with Crippen LogP contribution in [0.5, 0.6) is 0 Å². The van der Waals surface area contributed by atoms with Crippen LogP contribution in [0.25, 0.3) is 11.4 Å². The maximum absolute atomic E-state index is 11.5. The van der Waals surface area contributed by atoms with E-state index in [2.05, 4.69) is 20.8 Å². The summed E-state index contributed by atoms with van der Waals surface area (Å²) in [5.41, 5.74) is 1.39. The first-order valence-electron chi connectivity index (χ1n) is 5.68. The summed E-state index contributed by atoms with van der Waals surface area (Å²) in [5.74, 6) is 0.0922. The Labute approximate surface area is 109 Å². The summed E-state index contributed by atoms with van der Waals surface area (Å²) in [6, 6.07) is 7.12. The van der Waals surface area contributed by atoms with Crippen LogP contribution < -0.4 is 5.32 Å². The summed E-state index contributed by atoms with van der Waals surface area (Å²) >= 11 is 0. The molecule has 0 atom stereocenters. The van der Waals surface area contributed by atoms with E-state index in [9.17, 15) is 9.59 Å². The molecule has 0 saturated heterocycles. The number of rotatable bonds is 4. The quantitative estimate of drug-likeness (QED) is 0.820. The molecular weight excluding hydrogens is 246 g/mol. The highest BCUT2D eigenvalue weighted by molar-refractivity contribution is 6.03. The zero-order chi connectivity index (χ0) is 13.8. The normalized spacial score (nSPS) is 10.2. The van der Waals surface area contributed by atoms with Gasteiger partial charge in [0.2, 0.25) is 5.91 Å². The first-order chi connectivity index (χ1) is 9.06. The molecule has 0 aliphatic rings. The molecule has 1 N–H and O–H groups in total. The van der Waals surface area contributed by atoms with E-state index >= 15 is 0 Å². The van der Waals surface area contributed by atoms with Gasteiger partial charge in [-0.1, -0.05) is 12.1 Å². The zero-order valence-corrected chi connectivity index (χ0v) is 10.6. The number of Topliss-reactive ketones (excluding diaryl/α,β-unsaturated/α-hetero) is 1. The monoisotopic (exact) mass is 259 g/mol. The summed E-state index contributed by atoms with van der Waals surface area (Å²) in [6.45, 7) is 1.38. The van der Waals surface area contributed by atoms with Crippen molar-refractivity contribution in [2.45, 2.75) is 13.3 Å². The van der Waals surface area contributed by atoms with Gasteiger partial charge in [-0.3, -0.25) is 9.59 Å². The molecule has 1 amide bonds. The number of amides is 1. The van der Waals surface area contributed by atoms with E-state index < -0.39 is 0 Å². The molecule has 1 heterocycles. The molecule has 0 aliphatic heterocycles. The lowest BCUT2D eigenvalue weighted by molar-refractivity contribution is -0.124. The van der Waals surface area contributed by atoms with Gasteiger partial charge in [-0.05, 0) is 29.5 Å². The molecule has 7 nitrogen and oxygen atoms in total. The minimum absolute atomic E-state index is 0.129. The van der Waals surface area contributed by atoms with Crippen LogP contribution in [-0.4, -0.2) is 31.9 Å². The van der Waals surface area contributed by atoms with Crippen LogP contribution in [0.15, 0.2) is 24.3 Å². The molecule has 1 aromatic heterocycles. The van der Waals surface area contributed by atoms with Gasteiger partial charge in [0.1, 0.15) is 5.78 Å². The van der Waals surface area contributed by atoms with Crippen molar-refractivity contribution in [3.8, 4) is 11.4 Å². The van der Waals surface area contributed by atoms with Gasteiger partial charge in [-0.2, -0.15) is 0 Å². The molecule has 98 valence electrons. The van der Waals surface area contributed by atoms with Crippen molar-refractivity contribution in [3.05, 3.63) is 24.3 Å². The fraction of sp³-hybridized carbons (Fsp3) is 0.250. The Morgan fingerprint density at radius 2 is 2.16 bits per heavy atom. The summed E-state index contributed by atoms with van der Waals surface area (Å²) in [4.78, 5) is 22.4. The number of ketones is 1. The smallest absolute Gasteiger partial charge is 0.231 e. The largest absolute Gasteiger partial charge is 0.326 e.